The summed E-state index contributed by atoms with van der Waals surface area (Å²) in [5.41, 5.74) is 5.07. The summed E-state index contributed by atoms with van der Waals surface area (Å²) in [5, 5.41) is 0. The molecule has 37 heavy (non-hydrogen) atoms. The predicted molar refractivity (Wildman–Crippen MR) is 152 cm³/mol. The van der Waals surface area contributed by atoms with Crippen LogP contribution in [0.1, 0.15) is 38.8 Å². The maximum absolute atomic E-state index is 12.8. The van der Waals surface area contributed by atoms with E-state index in [0.29, 0.717) is 39.4 Å². The molecule has 0 N–H and O–H groups in total. The molecule has 0 radical (unpaired) electrons. The van der Waals surface area contributed by atoms with Gasteiger partial charge in [0.15, 0.2) is 23.9 Å². The van der Waals surface area contributed by atoms with Crippen molar-refractivity contribution < 1.29 is 23.8 Å². The molecule has 0 saturated heterocycles. The van der Waals surface area contributed by atoms with Crippen molar-refractivity contribution in [2.45, 2.75) is 20.5 Å². The monoisotopic (exact) mass is 606 g/mol. The largest absolute Gasteiger partial charge is 0.490 e. The molecule has 6 heteroatoms. The Labute approximate surface area is 230 Å². The molecule has 188 valence electrons. The molecule has 4 rings (SSSR count). The van der Waals surface area contributed by atoms with Gasteiger partial charge >= 0.3 is 5.97 Å². The molecule has 4 aromatic rings. The molecular formula is C31H27IO5. The number of halogens is 1. The van der Waals surface area contributed by atoms with Gasteiger partial charge < -0.3 is 14.2 Å². The summed E-state index contributed by atoms with van der Waals surface area (Å²) < 4.78 is 17.8. The fraction of sp³-hybridized carbons (Fsp3) is 0.161. The highest BCUT2D eigenvalue weighted by atomic mass is 127. The summed E-state index contributed by atoms with van der Waals surface area (Å²) in [4.78, 5) is 25.4. The second-order valence-corrected chi connectivity index (χ2v) is 9.60. The van der Waals surface area contributed by atoms with Crippen molar-refractivity contribution in [3.63, 3.8) is 0 Å². The van der Waals surface area contributed by atoms with Crippen molar-refractivity contribution in [3.8, 4) is 22.6 Å². The Morgan fingerprint density at radius 3 is 2.14 bits per heavy atom. The zero-order chi connectivity index (χ0) is 26.2. The quantitative estimate of drug-likeness (QED) is 0.108. The van der Waals surface area contributed by atoms with Crippen LogP contribution in [0.5, 0.6) is 11.5 Å². The average molecular weight is 606 g/mol. The number of aryl methyl sites for hydroxylation is 1. The number of Topliss-reactive ketones (excluding diaryl/α,β-unsaturated/α-hetero) is 1. The van der Waals surface area contributed by atoms with E-state index in [2.05, 4.69) is 22.6 Å². The normalized spacial score (nSPS) is 10.6. The third-order valence-corrected chi connectivity index (χ3v) is 6.50. The number of ether oxygens (including phenoxy) is 3. The van der Waals surface area contributed by atoms with E-state index in [9.17, 15) is 9.59 Å². The van der Waals surface area contributed by atoms with Gasteiger partial charge in [-0.3, -0.25) is 4.79 Å². The molecule has 4 aromatic carbocycles. The number of benzene rings is 4. The zero-order valence-electron chi connectivity index (χ0n) is 20.7. The maximum Gasteiger partial charge on any atom is 0.338 e. The molecule has 0 spiro atoms. The first-order valence-electron chi connectivity index (χ1n) is 11.9. The van der Waals surface area contributed by atoms with Gasteiger partial charge in [-0.15, -0.1) is 0 Å². The smallest absolute Gasteiger partial charge is 0.338 e. The van der Waals surface area contributed by atoms with E-state index in [0.717, 1.165) is 16.7 Å². The van der Waals surface area contributed by atoms with Gasteiger partial charge in [-0.25, -0.2) is 4.79 Å². The molecule has 0 heterocycles. The molecule has 0 fully saturated rings. The molecule has 0 aliphatic heterocycles. The topological polar surface area (TPSA) is 61.8 Å². The molecule has 5 nitrogen and oxygen atoms in total. The van der Waals surface area contributed by atoms with Gasteiger partial charge in [0.25, 0.3) is 0 Å². The molecule has 0 bridgehead atoms. The summed E-state index contributed by atoms with van der Waals surface area (Å²) in [6.07, 6.45) is 0. The third kappa shape index (κ3) is 6.98. The van der Waals surface area contributed by atoms with E-state index in [1.165, 1.54) is 5.56 Å². The Kier molecular flexibility index (Phi) is 8.95. The molecular weight excluding hydrogens is 579 g/mol. The van der Waals surface area contributed by atoms with Crippen LogP contribution in [0.2, 0.25) is 0 Å². The standard InChI is InChI=1S/C31H27IO5/c1-3-35-29-18-26(17-27(32)30(29)36-19-22-11-9-21(2)10-12-22)31(34)37-20-28(33)25-15-13-24(14-16-25)23-7-5-4-6-8-23/h4-18H,3,19-20H2,1-2H3. The second kappa shape index (κ2) is 12.5. The Balaban J connectivity index is 1.41. The average Bonchev–Trinajstić information content (AvgIpc) is 2.92. The van der Waals surface area contributed by atoms with Crippen LogP contribution >= 0.6 is 22.6 Å². The lowest BCUT2D eigenvalue weighted by atomic mass is 10.0. The van der Waals surface area contributed by atoms with E-state index < -0.39 is 5.97 Å². The lowest BCUT2D eigenvalue weighted by molar-refractivity contribution is 0.0474. The minimum Gasteiger partial charge on any atom is -0.490 e. The van der Waals surface area contributed by atoms with Crippen LogP contribution in [-0.4, -0.2) is 25.0 Å². The number of ketones is 1. The van der Waals surface area contributed by atoms with E-state index in [1.807, 2.05) is 80.6 Å². The van der Waals surface area contributed by atoms with Crippen LogP contribution in [0, 0.1) is 10.5 Å². The predicted octanol–water partition coefficient (Wildman–Crippen LogP) is 7.28. The SMILES string of the molecule is CCOc1cc(C(=O)OCC(=O)c2ccc(-c3ccccc3)cc2)cc(I)c1OCc1ccc(C)cc1. The fourth-order valence-corrected chi connectivity index (χ4v) is 4.46. The van der Waals surface area contributed by atoms with Crippen LogP contribution in [0.15, 0.2) is 91.0 Å². The van der Waals surface area contributed by atoms with Crippen molar-refractivity contribution in [3.05, 3.63) is 117 Å². The first kappa shape index (κ1) is 26.4. The highest BCUT2D eigenvalue weighted by Gasteiger charge is 2.18. The Morgan fingerprint density at radius 1 is 0.784 bits per heavy atom. The van der Waals surface area contributed by atoms with Crippen molar-refractivity contribution in [1.29, 1.82) is 0 Å². The van der Waals surface area contributed by atoms with Gasteiger partial charge in [0.1, 0.15) is 6.61 Å². The van der Waals surface area contributed by atoms with Crippen molar-refractivity contribution in [1.82, 2.24) is 0 Å². The highest BCUT2D eigenvalue weighted by molar-refractivity contribution is 14.1. The third-order valence-electron chi connectivity index (χ3n) is 5.70. The van der Waals surface area contributed by atoms with Crippen molar-refractivity contribution in [2.24, 2.45) is 0 Å². The summed E-state index contributed by atoms with van der Waals surface area (Å²) in [6, 6.07) is 28.5. The van der Waals surface area contributed by atoms with E-state index in [1.54, 1.807) is 24.3 Å². The van der Waals surface area contributed by atoms with E-state index >= 15 is 0 Å². The number of esters is 1. The van der Waals surface area contributed by atoms with E-state index in [-0.39, 0.29) is 12.4 Å². The molecule has 0 saturated carbocycles. The molecule has 0 atom stereocenters. The fourth-order valence-electron chi connectivity index (χ4n) is 3.71. The van der Waals surface area contributed by atoms with Gasteiger partial charge in [-0.2, -0.15) is 0 Å². The second-order valence-electron chi connectivity index (χ2n) is 8.44. The molecule has 0 aromatic heterocycles. The Morgan fingerprint density at radius 2 is 1.46 bits per heavy atom. The van der Waals surface area contributed by atoms with Crippen LogP contribution in [0.4, 0.5) is 0 Å². The highest BCUT2D eigenvalue weighted by Crippen LogP contribution is 2.35. The van der Waals surface area contributed by atoms with Crippen molar-refractivity contribution >= 4 is 34.3 Å². The van der Waals surface area contributed by atoms with Crippen LogP contribution < -0.4 is 9.47 Å². The number of carbonyl (C=O) groups is 2. The summed E-state index contributed by atoms with van der Waals surface area (Å²) in [6.45, 7) is 4.33. The van der Waals surface area contributed by atoms with Crippen molar-refractivity contribution in [2.75, 3.05) is 13.2 Å². The number of rotatable bonds is 10. The summed E-state index contributed by atoms with van der Waals surface area (Å²) >= 11 is 2.11. The number of carbonyl (C=O) groups excluding carboxylic acids is 2. The van der Waals surface area contributed by atoms with Gasteiger partial charge in [0.2, 0.25) is 0 Å². The summed E-state index contributed by atoms with van der Waals surface area (Å²) in [5.74, 6) is 0.148. The lowest BCUT2D eigenvalue weighted by Gasteiger charge is -2.15. The van der Waals surface area contributed by atoms with Crippen LogP contribution in [-0.2, 0) is 11.3 Å². The van der Waals surface area contributed by atoms with Crippen LogP contribution in [0.25, 0.3) is 11.1 Å². The molecule has 0 aliphatic carbocycles. The first-order chi connectivity index (χ1) is 17.9. The molecule has 0 aliphatic rings. The lowest BCUT2D eigenvalue weighted by Crippen LogP contribution is -2.15. The zero-order valence-corrected chi connectivity index (χ0v) is 22.9. The number of hydrogen-bond donors (Lipinski definition) is 0. The Hall–Kier alpha value is -3.65. The minimum atomic E-state index is -0.599. The maximum atomic E-state index is 12.8. The summed E-state index contributed by atoms with van der Waals surface area (Å²) in [7, 11) is 0. The van der Waals surface area contributed by atoms with Gasteiger partial charge in [-0.1, -0.05) is 84.4 Å². The van der Waals surface area contributed by atoms with Gasteiger partial charge in [-0.05, 0) is 65.3 Å². The molecule has 0 unspecified atom stereocenters. The molecule has 0 amide bonds. The van der Waals surface area contributed by atoms with E-state index in [4.69, 9.17) is 14.2 Å². The van der Waals surface area contributed by atoms with Gasteiger partial charge in [0.05, 0.1) is 15.7 Å². The first-order valence-corrected chi connectivity index (χ1v) is 13.0. The Bertz CT molecular complexity index is 1360. The minimum absolute atomic E-state index is 0.272. The van der Waals surface area contributed by atoms with Crippen LogP contribution in [0.3, 0.4) is 0 Å². The van der Waals surface area contributed by atoms with Gasteiger partial charge in [0, 0.05) is 5.56 Å². The number of hydrogen-bond acceptors (Lipinski definition) is 5.